The van der Waals surface area contributed by atoms with E-state index in [0.29, 0.717) is 18.1 Å². The molecular formula is C108H74N8O. The minimum absolute atomic E-state index is 0.0416. The van der Waals surface area contributed by atoms with Crippen molar-refractivity contribution in [1.82, 2.24) is 29.5 Å². The zero-order valence-electron chi connectivity index (χ0n) is 64.2. The van der Waals surface area contributed by atoms with Crippen LogP contribution in [0.25, 0.3) is 167 Å². The Morgan fingerprint density at radius 3 is 1.79 bits per heavy atom. The molecule has 14 aromatic carbocycles. The summed E-state index contributed by atoms with van der Waals surface area (Å²) in [5, 5.41) is 9.04. The van der Waals surface area contributed by atoms with E-state index in [1.807, 2.05) is 49.4 Å². The Hall–Kier alpha value is -15.3. The van der Waals surface area contributed by atoms with E-state index in [9.17, 15) is 0 Å². The molecule has 1 aliphatic carbocycles. The molecule has 0 spiro atoms. The summed E-state index contributed by atoms with van der Waals surface area (Å²) in [4.78, 5) is 35.1. The highest BCUT2D eigenvalue weighted by Gasteiger charge is 2.29. The summed E-state index contributed by atoms with van der Waals surface area (Å²) in [5.74, 6) is 2.01. The van der Waals surface area contributed by atoms with Crippen molar-refractivity contribution in [2.24, 2.45) is 4.99 Å². The van der Waals surface area contributed by atoms with Crippen LogP contribution in [0.1, 0.15) is 58.5 Å². The van der Waals surface area contributed by atoms with Gasteiger partial charge in [-0.2, -0.15) is 0 Å². The molecule has 1 aliphatic heterocycles. The first-order chi connectivity index (χ1) is 57.8. The zero-order valence-corrected chi connectivity index (χ0v) is 64.2. The fourth-order valence-corrected chi connectivity index (χ4v) is 17.2. The maximum absolute atomic E-state index is 6.45. The van der Waals surface area contributed by atoms with Gasteiger partial charge in [0.05, 0.1) is 56.4 Å². The van der Waals surface area contributed by atoms with E-state index in [1.165, 1.54) is 10.8 Å². The van der Waals surface area contributed by atoms with Crippen molar-refractivity contribution in [1.29, 1.82) is 0 Å². The standard InChI is InChI=1S/C108H74N8O/c1-4-26-88-87-39-22-25-44-101(87)117-106(88)68(2)70-45-49-75(50-46-70)95-67-96(112-107(111-95)79-32-12-7-13-33-79)76-53-58-83(59-54-76)115-69(3)91-63-80-34-14-15-35-81(80)64-98(91)109-93(65-82-36-17-23-42-99(82)115)74-51-47-72(48-52-74)85-37-19-20-40-89(85)108-113-94(73-28-8-5-9-29-73)66-97(114-108)77-55-60-84(61-56-77)116-100-43-24-21-41-90(100)103-104(78-30-10-6-11-31-78)110-92-62-57-71-27-16-18-38-86(71)102(92)105(103)116/h4-55,57-64,66-67,77H,2-3,56,65H2,1H3/b26-4-,109-93?. The lowest BCUT2D eigenvalue weighted by molar-refractivity contribution is 0.600. The van der Waals surface area contributed by atoms with Gasteiger partial charge < -0.3 is 13.9 Å². The molecule has 2 aliphatic rings. The van der Waals surface area contributed by atoms with E-state index in [2.05, 4.69) is 350 Å². The van der Waals surface area contributed by atoms with Gasteiger partial charge in [-0.15, -0.1) is 0 Å². The molecule has 117 heavy (non-hydrogen) atoms. The molecule has 0 fully saturated rings. The van der Waals surface area contributed by atoms with Gasteiger partial charge in [-0.1, -0.05) is 323 Å². The minimum Gasteiger partial charge on any atom is -0.455 e. The molecule has 0 amide bonds. The van der Waals surface area contributed by atoms with Crippen LogP contribution in [0.3, 0.4) is 0 Å². The maximum atomic E-state index is 6.45. The van der Waals surface area contributed by atoms with E-state index in [-0.39, 0.29) is 5.92 Å². The lowest BCUT2D eigenvalue weighted by Gasteiger charge is -2.29. The molecule has 19 aromatic rings. The average Bonchev–Trinajstić information content (AvgIpc) is 1.56. The summed E-state index contributed by atoms with van der Waals surface area (Å²) in [6.07, 6.45) is 12.4. The Kier molecular flexibility index (Phi) is 17.5. The Morgan fingerprint density at radius 2 is 1.05 bits per heavy atom. The first-order valence-electron chi connectivity index (χ1n) is 39.8. The van der Waals surface area contributed by atoms with Crippen molar-refractivity contribution in [3.8, 4) is 78.9 Å². The smallest absolute Gasteiger partial charge is 0.160 e. The van der Waals surface area contributed by atoms with Gasteiger partial charge in [-0.3, -0.25) is 4.99 Å². The summed E-state index contributed by atoms with van der Waals surface area (Å²) >= 11 is 0. The maximum Gasteiger partial charge on any atom is 0.160 e. The number of aromatic nitrogens is 6. The van der Waals surface area contributed by atoms with Gasteiger partial charge in [0.1, 0.15) is 11.3 Å². The summed E-state index contributed by atoms with van der Waals surface area (Å²) in [6.45, 7) is 11.5. The fraction of sp³-hybridized carbons (Fsp3) is 0.0370. The molecule has 0 radical (unpaired) electrons. The van der Waals surface area contributed by atoms with E-state index in [4.69, 9.17) is 40.9 Å². The molecule has 0 N–H and O–H groups in total. The molecule has 0 bridgehead atoms. The minimum atomic E-state index is -0.0416. The van der Waals surface area contributed by atoms with E-state index >= 15 is 0 Å². The second kappa shape index (κ2) is 29.3. The third-order valence-electron chi connectivity index (χ3n) is 23.0. The first-order valence-corrected chi connectivity index (χ1v) is 39.8. The second-order valence-electron chi connectivity index (χ2n) is 30.0. The highest BCUT2D eigenvalue weighted by molar-refractivity contribution is 6.28. The van der Waals surface area contributed by atoms with Crippen molar-refractivity contribution >= 4 is 111 Å². The number of hydrogen-bond donors (Lipinski definition) is 0. The van der Waals surface area contributed by atoms with Crippen LogP contribution in [0.4, 0.5) is 17.1 Å². The van der Waals surface area contributed by atoms with E-state index < -0.39 is 0 Å². The number of fused-ring (bicyclic) bond motifs is 11. The summed E-state index contributed by atoms with van der Waals surface area (Å²) in [5.41, 5.74) is 27.8. The molecule has 9 heteroatoms. The molecule has 5 aromatic heterocycles. The molecule has 0 saturated carbocycles. The highest BCUT2D eigenvalue weighted by atomic mass is 16.3. The monoisotopic (exact) mass is 1500 g/mol. The van der Waals surface area contributed by atoms with Crippen LogP contribution < -0.4 is 4.90 Å². The summed E-state index contributed by atoms with van der Waals surface area (Å²) < 4.78 is 8.92. The van der Waals surface area contributed by atoms with Gasteiger partial charge in [0.2, 0.25) is 0 Å². The molecular weight excluding hydrogens is 1430 g/mol. The van der Waals surface area contributed by atoms with Gasteiger partial charge in [-0.25, -0.2) is 24.9 Å². The van der Waals surface area contributed by atoms with Gasteiger partial charge in [0.15, 0.2) is 11.6 Å². The predicted molar refractivity (Wildman–Crippen MR) is 486 cm³/mol. The number of benzene rings is 14. The van der Waals surface area contributed by atoms with Crippen LogP contribution in [0, 0.1) is 0 Å². The molecule has 6 heterocycles. The Balaban J connectivity index is 0.608. The second-order valence-corrected chi connectivity index (χ2v) is 30.0. The lowest BCUT2D eigenvalue weighted by atomic mass is 9.93. The Morgan fingerprint density at radius 1 is 0.462 bits per heavy atom. The third kappa shape index (κ3) is 12.6. The zero-order chi connectivity index (χ0) is 78.0. The van der Waals surface area contributed by atoms with Crippen LogP contribution in [0.2, 0.25) is 0 Å². The number of hydrogen-bond acceptors (Lipinski definition) is 8. The number of furan rings is 1. The van der Waals surface area contributed by atoms with Crippen LogP contribution >= 0.6 is 0 Å². The number of allylic oxidation sites excluding steroid dienone is 5. The normalized spacial score (nSPS) is 13.6. The fourth-order valence-electron chi connectivity index (χ4n) is 17.2. The van der Waals surface area contributed by atoms with Crippen molar-refractivity contribution in [3.63, 3.8) is 0 Å². The predicted octanol–water partition coefficient (Wildman–Crippen LogP) is 27.8. The van der Waals surface area contributed by atoms with Gasteiger partial charge in [-0.05, 0) is 129 Å². The highest BCUT2D eigenvalue weighted by Crippen LogP contribution is 2.48. The number of para-hydroxylation sites is 3. The van der Waals surface area contributed by atoms with Gasteiger partial charge in [0.25, 0.3) is 0 Å². The summed E-state index contributed by atoms with van der Waals surface area (Å²) in [6, 6.07) is 122. The van der Waals surface area contributed by atoms with Crippen LogP contribution in [0.15, 0.2) is 393 Å². The van der Waals surface area contributed by atoms with Crippen LogP contribution in [0.5, 0.6) is 0 Å². The van der Waals surface area contributed by atoms with Gasteiger partial charge >= 0.3 is 0 Å². The van der Waals surface area contributed by atoms with Crippen molar-refractivity contribution < 1.29 is 4.42 Å². The van der Waals surface area contributed by atoms with Crippen LogP contribution in [-0.4, -0.2) is 35.2 Å². The van der Waals surface area contributed by atoms with Gasteiger partial charge in [0, 0.05) is 107 Å². The Bertz CT molecular complexity index is 7340. The van der Waals surface area contributed by atoms with Crippen molar-refractivity contribution in [2.45, 2.75) is 25.7 Å². The number of pyridine rings is 1. The SMILES string of the molecule is C=C(c1ccc(-c2cc(-c3ccc(N4C(=C)c5cc6ccccc6cc5N=C(c5ccc(-c6ccccc6-c6nc(-c7ccccc7)cc(C7C=CC(n8c9ccccc9c9c(-c%10ccccc%10)nc%10ccc%11ccccc%11c%10c98)=CC7)n6)cc5)Cc5ccccc54)cc3)nc(-c3ccccc3)n2)cc1)c1oc2ccccc2c1/C=C\C. The number of aliphatic imine (C=N–C) groups is 1. The molecule has 0 saturated heterocycles. The quantitative estimate of drug-likeness (QED) is 0.100. The Labute approximate surface area is 677 Å². The van der Waals surface area contributed by atoms with Crippen molar-refractivity contribution in [3.05, 3.63) is 423 Å². The molecule has 1 atom stereocenters. The lowest BCUT2D eigenvalue weighted by Crippen LogP contribution is -2.17. The average molecular weight is 1500 g/mol. The molecule has 9 nitrogen and oxygen atoms in total. The first kappa shape index (κ1) is 69.6. The van der Waals surface area contributed by atoms with E-state index in [0.717, 1.165) is 207 Å². The third-order valence-corrected chi connectivity index (χ3v) is 23.0. The molecule has 552 valence electrons. The summed E-state index contributed by atoms with van der Waals surface area (Å²) in [7, 11) is 0. The number of nitrogens with zero attached hydrogens (tertiary/aromatic N) is 8. The topological polar surface area (TPSA) is 98.1 Å². The van der Waals surface area contributed by atoms with Crippen molar-refractivity contribution in [2.75, 3.05) is 4.90 Å². The number of rotatable bonds is 14. The van der Waals surface area contributed by atoms with E-state index in [1.54, 1.807) is 0 Å². The molecule has 1 unspecified atom stereocenters. The largest absolute Gasteiger partial charge is 0.455 e. The van der Waals surface area contributed by atoms with Crippen LogP contribution in [-0.2, 0) is 6.42 Å². The molecule has 21 rings (SSSR count). The number of anilines is 2.